The lowest BCUT2D eigenvalue weighted by atomic mass is 9.96. The van der Waals surface area contributed by atoms with Gasteiger partial charge < -0.3 is 52.1 Å². The van der Waals surface area contributed by atoms with Crippen molar-refractivity contribution >= 4 is 65.1 Å². The molecule has 9 N–H and O–H groups in total. The number of aliphatic hydroxyl groups is 1. The van der Waals surface area contributed by atoms with E-state index in [9.17, 15) is 58.5 Å². The molecule has 0 aromatic heterocycles. The number of likely N-dealkylation sites (tertiary alicyclic amines) is 1. The first kappa shape index (κ1) is 52.9. The predicted octanol–water partition coefficient (Wildman–Crippen LogP) is 0.324. The summed E-state index contributed by atoms with van der Waals surface area (Å²) < 4.78 is 0. The van der Waals surface area contributed by atoms with Crippen molar-refractivity contribution < 1.29 is 58.5 Å². The van der Waals surface area contributed by atoms with Crippen molar-refractivity contribution in [1.82, 2.24) is 36.8 Å². The average molecular weight is 892 g/mol. The monoisotopic (exact) mass is 891 g/mol. The first-order valence-electron chi connectivity index (χ1n) is 20.9. The zero-order valence-corrected chi connectivity index (χ0v) is 37.4. The lowest BCUT2D eigenvalue weighted by Crippen LogP contribution is -2.58. The number of nitrogens with zero attached hydrogens (tertiary/aromatic N) is 1. The van der Waals surface area contributed by atoms with E-state index < -0.39 is 115 Å². The largest absolute Gasteiger partial charge is 0.481 e. The second-order valence-corrected chi connectivity index (χ2v) is 17.3. The average Bonchev–Trinajstić information content (AvgIpc) is 3.70. The molecular formula is C42H65N7O12S. The molecule has 1 aromatic carbocycles. The number of carboxylic acids is 2. The van der Waals surface area contributed by atoms with Crippen LogP contribution in [0, 0.1) is 11.8 Å². The molecule has 1 heterocycles. The Kier molecular flexibility index (Phi) is 22.4. The lowest BCUT2D eigenvalue weighted by molar-refractivity contribution is -0.143. The predicted molar refractivity (Wildman–Crippen MR) is 230 cm³/mol. The zero-order chi connectivity index (χ0) is 46.7. The topological polar surface area (TPSA) is 290 Å². The van der Waals surface area contributed by atoms with Crippen molar-refractivity contribution in [2.24, 2.45) is 11.8 Å². The van der Waals surface area contributed by atoms with Crippen LogP contribution in [0.4, 0.5) is 0 Å². The third kappa shape index (κ3) is 18.0. The summed E-state index contributed by atoms with van der Waals surface area (Å²) in [4.78, 5) is 117. The van der Waals surface area contributed by atoms with Crippen LogP contribution in [0.3, 0.4) is 0 Å². The Labute approximate surface area is 367 Å². The second kappa shape index (κ2) is 26.3. The van der Waals surface area contributed by atoms with Crippen LogP contribution in [0.15, 0.2) is 30.3 Å². The van der Waals surface area contributed by atoms with Crippen LogP contribution in [-0.2, 0) is 49.6 Å². The van der Waals surface area contributed by atoms with E-state index in [-0.39, 0.29) is 50.5 Å². The number of benzene rings is 1. The van der Waals surface area contributed by atoms with Crippen molar-refractivity contribution in [2.75, 3.05) is 18.6 Å². The van der Waals surface area contributed by atoms with Gasteiger partial charge >= 0.3 is 11.9 Å². The number of amides is 7. The number of aliphatic carboxylic acids is 2. The molecule has 0 bridgehead atoms. The first-order valence-corrected chi connectivity index (χ1v) is 22.3. The standard InChI is InChI=1S/C42H65N7O12S/c1-23(2)20-30(47-39(57)29(17-19-62-7)46-41(59)36(24(3)4)44-26(6)50)33(51)22-34(52)49-18-11-14-32(49)40(58)43-25(5)37(55)45-28(15-16-35(53)54)38(56)48-31(42(60)61)21-27-12-9-8-10-13-27/h8-10,12-13,23-25,28-33,36,51H,11,14-22H2,1-7H3,(H,43,58)(H,44,50)(H,45,55)(H,46,59)(H,47,57)(H,48,56)(H,53,54)(H,60,61)/t25-,28-,29-,30-,31-,32-,33-,36-/m0/s1. The summed E-state index contributed by atoms with van der Waals surface area (Å²) in [6.45, 7) is 10.1. The summed E-state index contributed by atoms with van der Waals surface area (Å²) in [5.74, 6) is -6.96. The summed E-state index contributed by atoms with van der Waals surface area (Å²) >= 11 is 1.47. The van der Waals surface area contributed by atoms with Gasteiger partial charge in [-0.25, -0.2) is 4.79 Å². The van der Waals surface area contributed by atoms with Gasteiger partial charge in [0, 0.05) is 26.3 Å². The molecule has 19 nitrogen and oxygen atoms in total. The summed E-state index contributed by atoms with van der Waals surface area (Å²) in [6.07, 6.45) is 0.223. The fourth-order valence-electron chi connectivity index (χ4n) is 6.93. The Morgan fingerprint density at radius 2 is 1.37 bits per heavy atom. The van der Waals surface area contributed by atoms with E-state index in [2.05, 4.69) is 31.9 Å². The normalized spacial score (nSPS) is 17.1. The maximum absolute atomic E-state index is 13.7. The number of rotatable bonds is 26. The van der Waals surface area contributed by atoms with E-state index >= 15 is 0 Å². The van der Waals surface area contributed by atoms with E-state index in [0.29, 0.717) is 17.7 Å². The van der Waals surface area contributed by atoms with Crippen LogP contribution in [0.5, 0.6) is 0 Å². The molecule has 7 amide bonds. The molecule has 346 valence electrons. The Balaban J connectivity index is 2.13. The van der Waals surface area contributed by atoms with E-state index in [0.717, 1.165) is 0 Å². The van der Waals surface area contributed by atoms with Crippen molar-refractivity contribution in [2.45, 2.75) is 141 Å². The van der Waals surface area contributed by atoms with Crippen molar-refractivity contribution in [1.29, 1.82) is 0 Å². The third-order valence-corrected chi connectivity index (χ3v) is 10.9. The second-order valence-electron chi connectivity index (χ2n) is 16.3. The van der Waals surface area contributed by atoms with E-state index in [1.165, 1.54) is 30.5 Å². The first-order chi connectivity index (χ1) is 29.1. The number of nitrogens with one attached hydrogen (secondary N) is 6. The highest BCUT2D eigenvalue weighted by Gasteiger charge is 2.38. The molecule has 0 aliphatic carbocycles. The number of aliphatic hydroxyl groups excluding tert-OH is 1. The zero-order valence-electron chi connectivity index (χ0n) is 36.6. The highest BCUT2D eigenvalue weighted by Crippen LogP contribution is 2.21. The van der Waals surface area contributed by atoms with E-state index in [1.54, 1.807) is 44.2 Å². The number of hydrogen-bond acceptors (Lipinski definition) is 11. The number of carboxylic acid groups (broad SMARTS) is 2. The minimum Gasteiger partial charge on any atom is -0.481 e. The minimum absolute atomic E-state index is 0.0324. The molecule has 0 saturated carbocycles. The Morgan fingerprint density at radius 1 is 0.774 bits per heavy atom. The molecule has 1 aliphatic heterocycles. The van der Waals surface area contributed by atoms with Gasteiger partial charge in [0.2, 0.25) is 41.4 Å². The summed E-state index contributed by atoms with van der Waals surface area (Å²) in [7, 11) is 0. The van der Waals surface area contributed by atoms with Gasteiger partial charge in [-0.2, -0.15) is 11.8 Å². The molecule has 1 aromatic rings. The van der Waals surface area contributed by atoms with Gasteiger partial charge in [-0.15, -0.1) is 0 Å². The SMILES string of the molecule is CSCC[C@H](NC(=O)[C@@H](NC(C)=O)C(C)C)C(=O)N[C@@H](CC(C)C)[C@@H](O)CC(=O)N1CCC[C@H]1C(=O)N[C@@H](C)C(=O)N[C@@H](CCC(=O)O)C(=O)N[C@@H](Cc1ccccc1)C(=O)O. The summed E-state index contributed by atoms with van der Waals surface area (Å²) in [6, 6.07) is 0.561. The van der Waals surface area contributed by atoms with Crippen LogP contribution in [-0.4, -0.2) is 140 Å². The van der Waals surface area contributed by atoms with E-state index in [4.69, 9.17) is 0 Å². The highest BCUT2D eigenvalue weighted by molar-refractivity contribution is 7.98. The Morgan fingerprint density at radius 3 is 1.94 bits per heavy atom. The number of carbonyl (C=O) groups is 9. The molecule has 1 fully saturated rings. The highest BCUT2D eigenvalue weighted by atomic mass is 32.2. The van der Waals surface area contributed by atoms with Crippen LogP contribution in [0.25, 0.3) is 0 Å². The van der Waals surface area contributed by atoms with Gasteiger partial charge in [0.25, 0.3) is 0 Å². The van der Waals surface area contributed by atoms with Gasteiger partial charge in [0.05, 0.1) is 18.6 Å². The Hall–Kier alpha value is -5.24. The number of hydrogen-bond donors (Lipinski definition) is 9. The van der Waals surface area contributed by atoms with Crippen molar-refractivity contribution in [3.63, 3.8) is 0 Å². The molecule has 8 atom stereocenters. The molecule has 0 radical (unpaired) electrons. The molecule has 2 rings (SSSR count). The maximum atomic E-state index is 13.7. The van der Waals surface area contributed by atoms with Crippen molar-refractivity contribution in [3.8, 4) is 0 Å². The summed E-state index contributed by atoms with van der Waals surface area (Å²) in [5.41, 5.74) is 0.618. The molecule has 20 heteroatoms. The summed E-state index contributed by atoms with van der Waals surface area (Å²) in [5, 5.41) is 45.9. The molecular weight excluding hydrogens is 827 g/mol. The van der Waals surface area contributed by atoms with Gasteiger partial charge in [0.15, 0.2) is 0 Å². The quantitative estimate of drug-likeness (QED) is 0.0607. The molecule has 1 aliphatic rings. The van der Waals surface area contributed by atoms with Gasteiger partial charge in [0.1, 0.15) is 36.3 Å². The van der Waals surface area contributed by atoms with Gasteiger partial charge in [-0.3, -0.25) is 38.4 Å². The molecule has 1 saturated heterocycles. The lowest BCUT2D eigenvalue weighted by Gasteiger charge is -2.31. The van der Waals surface area contributed by atoms with E-state index in [1.807, 2.05) is 20.1 Å². The molecule has 0 spiro atoms. The van der Waals surface area contributed by atoms with Crippen LogP contribution in [0.1, 0.15) is 92.1 Å². The van der Waals surface area contributed by atoms with Gasteiger partial charge in [-0.05, 0) is 68.4 Å². The van der Waals surface area contributed by atoms with Crippen LogP contribution in [0.2, 0.25) is 0 Å². The van der Waals surface area contributed by atoms with Crippen molar-refractivity contribution in [3.05, 3.63) is 35.9 Å². The fourth-order valence-corrected chi connectivity index (χ4v) is 7.40. The number of thioether (sulfide) groups is 1. The fraction of sp³-hybridized carbons (Fsp3) is 0.643. The maximum Gasteiger partial charge on any atom is 0.326 e. The molecule has 62 heavy (non-hydrogen) atoms. The number of carbonyl (C=O) groups excluding carboxylic acids is 7. The van der Waals surface area contributed by atoms with Crippen LogP contribution < -0.4 is 31.9 Å². The minimum atomic E-state index is -1.46. The Bertz CT molecular complexity index is 1720. The third-order valence-electron chi connectivity index (χ3n) is 10.3. The van der Waals surface area contributed by atoms with Gasteiger partial charge in [-0.1, -0.05) is 58.0 Å². The smallest absolute Gasteiger partial charge is 0.326 e. The molecule has 0 unspecified atom stereocenters. The van der Waals surface area contributed by atoms with Crippen LogP contribution >= 0.6 is 11.8 Å².